The van der Waals surface area contributed by atoms with Crippen LogP contribution in [-0.2, 0) is 11.2 Å². The van der Waals surface area contributed by atoms with Crippen molar-refractivity contribution in [3.05, 3.63) is 52.3 Å². The number of H-pyrrole nitrogens is 1. The number of nitriles is 1. The highest BCUT2D eigenvalue weighted by Gasteiger charge is 2.20. The summed E-state index contributed by atoms with van der Waals surface area (Å²) in [4.78, 5) is 20.9. The maximum atomic E-state index is 11.8. The molecule has 1 aromatic carbocycles. The van der Waals surface area contributed by atoms with Crippen molar-refractivity contribution in [3.63, 3.8) is 0 Å². The quantitative estimate of drug-likeness (QED) is 0.825. The van der Waals surface area contributed by atoms with Crippen LogP contribution in [0.3, 0.4) is 0 Å². The highest BCUT2D eigenvalue weighted by atomic mass is 32.1. The summed E-state index contributed by atoms with van der Waals surface area (Å²) in [5, 5.41) is 9.38. The van der Waals surface area contributed by atoms with E-state index in [0.29, 0.717) is 16.6 Å². The van der Waals surface area contributed by atoms with Crippen LogP contribution in [0, 0.1) is 16.0 Å². The number of piperazine rings is 1. The lowest BCUT2D eigenvalue weighted by molar-refractivity contribution is -0.127. The van der Waals surface area contributed by atoms with E-state index in [1.807, 2.05) is 18.2 Å². The van der Waals surface area contributed by atoms with Crippen LogP contribution < -0.4 is 9.80 Å². The lowest BCUT2D eigenvalue weighted by Gasteiger charge is -2.37. The van der Waals surface area contributed by atoms with Gasteiger partial charge in [-0.15, -0.1) is 0 Å². The molecule has 1 N–H and O–H groups in total. The third kappa shape index (κ3) is 4.29. The topological polar surface area (TPSA) is 66.4 Å². The van der Waals surface area contributed by atoms with Gasteiger partial charge in [-0.3, -0.25) is 4.79 Å². The molecule has 0 aliphatic carbocycles. The summed E-state index contributed by atoms with van der Waals surface area (Å²) < 4.78 is 0.486. The number of nitrogens with one attached hydrogen (secondary N) is 1. The number of nitrogens with zero attached hydrogens (tertiary/aromatic N) is 4. The van der Waals surface area contributed by atoms with Gasteiger partial charge in [0.05, 0.1) is 12.1 Å². The molecule has 0 bridgehead atoms. The summed E-state index contributed by atoms with van der Waals surface area (Å²) >= 11 is 5.22. The Morgan fingerprint density at radius 2 is 1.78 bits per heavy atom. The minimum atomic E-state index is 0.103. The molecule has 0 spiro atoms. The molecule has 140 valence electrons. The standard InChI is InChI=1S/C20H23N5OS/c1-23(2)19(26)13-15-3-5-16(6-4-15)24-9-11-25(12-10-24)18-7-8-22-20(27)17(18)14-21/h3-8H,9-13H2,1-2H3,(H,22,27). The van der Waals surface area contributed by atoms with E-state index in [1.54, 1.807) is 25.2 Å². The molecule has 1 amide bonds. The smallest absolute Gasteiger partial charge is 0.226 e. The summed E-state index contributed by atoms with van der Waals surface area (Å²) in [6.07, 6.45) is 2.21. The Bertz CT molecular complexity index is 905. The second-order valence-electron chi connectivity index (χ2n) is 6.78. The Morgan fingerprint density at radius 1 is 1.15 bits per heavy atom. The number of hydrogen-bond acceptors (Lipinski definition) is 5. The van der Waals surface area contributed by atoms with Crippen molar-refractivity contribution in [2.75, 3.05) is 50.1 Å². The molecule has 3 rings (SSSR count). The van der Waals surface area contributed by atoms with Crippen molar-refractivity contribution in [2.24, 2.45) is 0 Å². The third-order valence-electron chi connectivity index (χ3n) is 4.83. The van der Waals surface area contributed by atoms with Gasteiger partial charge in [0.15, 0.2) is 0 Å². The zero-order chi connectivity index (χ0) is 19.4. The number of rotatable bonds is 4. The van der Waals surface area contributed by atoms with Crippen molar-refractivity contribution < 1.29 is 4.79 Å². The number of benzene rings is 1. The minimum Gasteiger partial charge on any atom is -0.368 e. The summed E-state index contributed by atoms with van der Waals surface area (Å²) in [5.74, 6) is 0.103. The summed E-state index contributed by atoms with van der Waals surface area (Å²) in [6.45, 7) is 3.39. The normalized spacial score (nSPS) is 14.0. The van der Waals surface area contributed by atoms with Crippen LogP contribution in [0.5, 0.6) is 0 Å². The number of aromatic nitrogens is 1. The molecule has 6 nitrogen and oxygen atoms in total. The number of likely N-dealkylation sites (N-methyl/N-ethyl adjacent to an activating group) is 1. The molecule has 7 heteroatoms. The molecule has 1 aliphatic heterocycles. The molecule has 0 saturated carbocycles. The second kappa shape index (κ2) is 8.23. The first-order valence-electron chi connectivity index (χ1n) is 8.90. The highest BCUT2D eigenvalue weighted by molar-refractivity contribution is 7.71. The molecule has 1 aromatic heterocycles. The van der Waals surface area contributed by atoms with Gasteiger partial charge in [-0.25, -0.2) is 0 Å². The molecule has 1 fully saturated rings. The number of anilines is 2. The molecular weight excluding hydrogens is 358 g/mol. The largest absolute Gasteiger partial charge is 0.368 e. The van der Waals surface area contributed by atoms with E-state index in [2.05, 4.69) is 33.0 Å². The third-order valence-corrected chi connectivity index (χ3v) is 5.15. The average molecular weight is 382 g/mol. The van der Waals surface area contributed by atoms with Crippen LogP contribution in [0.4, 0.5) is 11.4 Å². The molecule has 1 saturated heterocycles. The fourth-order valence-corrected chi connectivity index (χ4v) is 3.42. The van der Waals surface area contributed by atoms with Gasteiger partial charge in [0.1, 0.15) is 16.3 Å². The Morgan fingerprint density at radius 3 is 2.37 bits per heavy atom. The van der Waals surface area contributed by atoms with Crippen molar-refractivity contribution >= 4 is 29.5 Å². The van der Waals surface area contributed by atoms with Gasteiger partial charge in [-0.05, 0) is 23.8 Å². The second-order valence-corrected chi connectivity index (χ2v) is 7.19. The SMILES string of the molecule is CN(C)C(=O)Cc1ccc(N2CCN(c3cc[nH]c(=S)c3C#N)CC2)cc1. The van der Waals surface area contributed by atoms with Gasteiger partial charge in [-0.1, -0.05) is 24.4 Å². The average Bonchev–Trinajstić information content (AvgIpc) is 2.68. The van der Waals surface area contributed by atoms with Crippen LogP contribution in [0.15, 0.2) is 36.5 Å². The Hall–Kier alpha value is -2.85. The van der Waals surface area contributed by atoms with E-state index in [-0.39, 0.29) is 5.91 Å². The Balaban J connectivity index is 1.64. The van der Waals surface area contributed by atoms with Gasteiger partial charge < -0.3 is 19.7 Å². The molecule has 0 unspecified atom stereocenters. The molecule has 0 atom stereocenters. The first-order chi connectivity index (χ1) is 13.0. The number of hydrogen-bond donors (Lipinski definition) is 1. The number of amides is 1. The van der Waals surface area contributed by atoms with Gasteiger partial charge in [0, 0.05) is 52.2 Å². The maximum Gasteiger partial charge on any atom is 0.226 e. The van der Waals surface area contributed by atoms with E-state index in [9.17, 15) is 10.1 Å². The zero-order valence-electron chi connectivity index (χ0n) is 15.6. The van der Waals surface area contributed by atoms with E-state index in [1.165, 1.54) is 0 Å². The summed E-state index contributed by atoms with van der Waals surface area (Å²) in [5.41, 5.74) is 3.61. The summed E-state index contributed by atoms with van der Waals surface area (Å²) in [6, 6.07) is 12.3. The highest BCUT2D eigenvalue weighted by Crippen LogP contribution is 2.24. The molecule has 27 heavy (non-hydrogen) atoms. The van der Waals surface area contributed by atoms with Crippen LogP contribution >= 0.6 is 12.2 Å². The van der Waals surface area contributed by atoms with Crippen molar-refractivity contribution in [1.29, 1.82) is 5.26 Å². The number of aromatic amines is 1. The number of carbonyl (C=O) groups is 1. The monoisotopic (exact) mass is 381 g/mol. The Kier molecular flexibility index (Phi) is 5.77. The number of carbonyl (C=O) groups excluding carboxylic acids is 1. The van der Waals surface area contributed by atoms with Crippen molar-refractivity contribution in [2.45, 2.75) is 6.42 Å². The van der Waals surface area contributed by atoms with E-state index in [4.69, 9.17) is 12.2 Å². The molecule has 2 aromatic rings. The predicted molar refractivity (Wildman–Crippen MR) is 110 cm³/mol. The Labute approximate surface area is 164 Å². The van der Waals surface area contributed by atoms with E-state index < -0.39 is 0 Å². The minimum absolute atomic E-state index is 0.103. The van der Waals surface area contributed by atoms with Crippen molar-refractivity contribution in [3.8, 4) is 6.07 Å². The number of pyridine rings is 1. The molecular formula is C20H23N5OS. The fourth-order valence-electron chi connectivity index (χ4n) is 3.20. The summed E-state index contributed by atoms with van der Waals surface area (Å²) in [7, 11) is 3.54. The van der Waals surface area contributed by atoms with Gasteiger partial charge in [0.25, 0.3) is 0 Å². The van der Waals surface area contributed by atoms with E-state index >= 15 is 0 Å². The van der Waals surface area contributed by atoms with Crippen LogP contribution in [0.1, 0.15) is 11.1 Å². The first kappa shape index (κ1) is 18.9. The first-order valence-corrected chi connectivity index (χ1v) is 9.31. The van der Waals surface area contributed by atoms with Crippen LogP contribution in [0.2, 0.25) is 0 Å². The molecule has 1 aliphatic rings. The lowest BCUT2D eigenvalue weighted by Crippen LogP contribution is -2.46. The zero-order valence-corrected chi connectivity index (χ0v) is 16.4. The lowest BCUT2D eigenvalue weighted by atomic mass is 10.1. The van der Waals surface area contributed by atoms with Crippen LogP contribution in [-0.4, -0.2) is 56.1 Å². The van der Waals surface area contributed by atoms with Gasteiger partial charge >= 0.3 is 0 Å². The van der Waals surface area contributed by atoms with Gasteiger partial charge in [-0.2, -0.15) is 5.26 Å². The molecule has 0 radical (unpaired) electrons. The van der Waals surface area contributed by atoms with E-state index in [0.717, 1.165) is 43.1 Å². The van der Waals surface area contributed by atoms with Crippen LogP contribution in [0.25, 0.3) is 0 Å². The predicted octanol–water partition coefficient (Wildman–Crippen LogP) is 2.57. The van der Waals surface area contributed by atoms with Crippen molar-refractivity contribution in [1.82, 2.24) is 9.88 Å². The molecule has 2 heterocycles. The maximum absolute atomic E-state index is 11.8. The van der Waals surface area contributed by atoms with Gasteiger partial charge in [0.2, 0.25) is 5.91 Å². The fraction of sp³-hybridized carbons (Fsp3) is 0.350.